The fourth-order valence-corrected chi connectivity index (χ4v) is 3.30. The quantitative estimate of drug-likeness (QED) is 0.827. The lowest BCUT2D eigenvalue weighted by Crippen LogP contribution is -2.34. The van der Waals surface area contributed by atoms with E-state index in [-0.39, 0.29) is 11.8 Å². The van der Waals surface area contributed by atoms with E-state index < -0.39 is 0 Å². The SMILES string of the molecule is Cc1ccc(NC(=O)NCC2CCN(CCc3ccccc3)C2)cc1F. The molecule has 0 spiro atoms. The molecule has 3 rings (SSSR count). The summed E-state index contributed by atoms with van der Waals surface area (Å²) in [6, 6.07) is 14.9. The molecule has 2 aromatic carbocycles. The summed E-state index contributed by atoms with van der Waals surface area (Å²) in [5, 5.41) is 5.59. The lowest BCUT2D eigenvalue weighted by Gasteiger charge is -2.16. The first-order valence-corrected chi connectivity index (χ1v) is 9.17. The number of likely N-dealkylation sites (tertiary alicyclic amines) is 1. The minimum absolute atomic E-state index is 0.281. The molecule has 0 radical (unpaired) electrons. The number of hydrogen-bond acceptors (Lipinski definition) is 2. The Kier molecular flexibility index (Phi) is 6.23. The molecule has 1 atom stereocenters. The maximum Gasteiger partial charge on any atom is 0.319 e. The first-order valence-electron chi connectivity index (χ1n) is 9.17. The molecular formula is C21H26FN3O. The van der Waals surface area contributed by atoms with Crippen LogP contribution in [0.1, 0.15) is 17.5 Å². The third kappa shape index (κ3) is 5.30. The average Bonchev–Trinajstić information content (AvgIpc) is 3.10. The standard InChI is InChI=1S/C21H26FN3O/c1-16-7-8-19(13-20(16)22)24-21(26)23-14-18-10-12-25(15-18)11-9-17-5-3-2-4-6-17/h2-8,13,18H,9-12,14-15H2,1H3,(H2,23,24,26). The predicted molar refractivity (Wildman–Crippen MR) is 103 cm³/mol. The van der Waals surface area contributed by atoms with Crippen LogP contribution in [0.3, 0.4) is 0 Å². The number of benzene rings is 2. The Labute approximate surface area is 154 Å². The van der Waals surface area contributed by atoms with Gasteiger partial charge in [-0.1, -0.05) is 36.4 Å². The van der Waals surface area contributed by atoms with Crippen molar-refractivity contribution in [1.29, 1.82) is 0 Å². The number of rotatable bonds is 6. The van der Waals surface area contributed by atoms with E-state index in [0.717, 1.165) is 32.5 Å². The van der Waals surface area contributed by atoms with Crippen LogP contribution in [0.4, 0.5) is 14.9 Å². The summed E-state index contributed by atoms with van der Waals surface area (Å²) in [5.74, 6) is 0.152. The van der Waals surface area contributed by atoms with Crippen molar-refractivity contribution in [2.45, 2.75) is 19.8 Å². The van der Waals surface area contributed by atoms with Gasteiger partial charge >= 0.3 is 6.03 Å². The van der Waals surface area contributed by atoms with Gasteiger partial charge < -0.3 is 15.5 Å². The minimum Gasteiger partial charge on any atom is -0.338 e. The maximum absolute atomic E-state index is 13.5. The first kappa shape index (κ1) is 18.4. The lowest BCUT2D eigenvalue weighted by molar-refractivity contribution is 0.249. The van der Waals surface area contributed by atoms with E-state index in [9.17, 15) is 9.18 Å². The van der Waals surface area contributed by atoms with Crippen molar-refractivity contribution in [3.05, 3.63) is 65.5 Å². The van der Waals surface area contributed by atoms with E-state index in [0.29, 0.717) is 23.7 Å². The Bertz CT molecular complexity index is 735. The molecule has 2 N–H and O–H groups in total. The molecule has 2 aromatic rings. The summed E-state index contributed by atoms with van der Waals surface area (Å²) in [7, 11) is 0. The second-order valence-corrected chi connectivity index (χ2v) is 6.99. The van der Waals surface area contributed by atoms with E-state index in [1.165, 1.54) is 11.6 Å². The van der Waals surface area contributed by atoms with Crippen LogP contribution < -0.4 is 10.6 Å². The summed E-state index contributed by atoms with van der Waals surface area (Å²) in [4.78, 5) is 14.5. The highest BCUT2D eigenvalue weighted by Crippen LogP contribution is 2.16. The second-order valence-electron chi connectivity index (χ2n) is 6.99. The largest absolute Gasteiger partial charge is 0.338 e. The Morgan fingerprint density at radius 2 is 2.04 bits per heavy atom. The van der Waals surface area contributed by atoms with Crippen molar-refractivity contribution in [2.24, 2.45) is 5.92 Å². The Morgan fingerprint density at radius 1 is 1.23 bits per heavy atom. The highest BCUT2D eigenvalue weighted by molar-refractivity contribution is 5.89. The molecule has 1 heterocycles. The number of carbonyl (C=O) groups excluding carboxylic acids is 1. The molecule has 138 valence electrons. The smallest absolute Gasteiger partial charge is 0.319 e. The number of amides is 2. The van der Waals surface area contributed by atoms with Crippen molar-refractivity contribution in [2.75, 3.05) is 31.5 Å². The third-order valence-electron chi connectivity index (χ3n) is 4.91. The van der Waals surface area contributed by atoms with Crippen LogP contribution >= 0.6 is 0 Å². The number of urea groups is 1. The Hall–Kier alpha value is -2.40. The topological polar surface area (TPSA) is 44.4 Å². The number of carbonyl (C=O) groups is 1. The molecule has 0 saturated carbocycles. The van der Waals surface area contributed by atoms with Gasteiger partial charge in [-0.25, -0.2) is 9.18 Å². The summed E-state index contributed by atoms with van der Waals surface area (Å²) in [5.41, 5.74) is 2.40. The van der Waals surface area contributed by atoms with Gasteiger partial charge in [0.2, 0.25) is 0 Å². The van der Waals surface area contributed by atoms with E-state index in [1.807, 2.05) is 6.07 Å². The van der Waals surface area contributed by atoms with Gasteiger partial charge in [-0.2, -0.15) is 0 Å². The molecule has 1 fully saturated rings. The minimum atomic E-state index is -0.312. The van der Waals surface area contributed by atoms with Crippen LogP contribution in [0.2, 0.25) is 0 Å². The number of aryl methyl sites for hydroxylation is 1. The monoisotopic (exact) mass is 355 g/mol. The molecule has 0 aliphatic carbocycles. The van der Waals surface area contributed by atoms with Gasteiger partial charge in [0, 0.05) is 25.3 Å². The first-order chi connectivity index (χ1) is 12.6. The summed E-state index contributed by atoms with van der Waals surface area (Å²) < 4.78 is 13.5. The van der Waals surface area contributed by atoms with Gasteiger partial charge in [-0.15, -0.1) is 0 Å². The molecule has 1 aliphatic rings. The molecular weight excluding hydrogens is 329 g/mol. The van der Waals surface area contributed by atoms with Gasteiger partial charge in [0.1, 0.15) is 5.82 Å². The molecule has 1 saturated heterocycles. The molecule has 2 amide bonds. The third-order valence-corrected chi connectivity index (χ3v) is 4.91. The molecule has 1 aliphatic heterocycles. The van der Waals surface area contributed by atoms with Crippen molar-refractivity contribution in [3.8, 4) is 0 Å². The zero-order chi connectivity index (χ0) is 18.4. The molecule has 0 bridgehead atoms. The van der Waals surface area contributed by atoms with Gasteiger partial charge in [-0.05, 0) is 55.5 Å². The van der Waals surface area contributed by atoms with Crippen LogP contribution in [0, 0.1) is 18.7 Å². The molecule has 1 unspecified atom stereocenters. The van der Waals surface area contributed by atoms with Gasteiger partial charge in [0.15, 0.2) is 0 Å². The number of hydrogen-bond donors (Lipinski definition) is 2. The highest BCUT2D eigenvalue weighted by Gasteiger charge is 2.22. The molecule has 26 heavy (non-hydrogen) atoms. The van der Waals surface area contributed by atoms with Crippen molar-refractivity contribution >= 4 is 11.7 Å². The lowest BCUT2D eigenvalue weighted by atomic mass is 10.1. The maximum atomic E-state index is 13.5. The average molecular weight is 355 g/mol. The van der Waals surface area contributed by atoms with Gasteiger partial charge in [0.25, 0.3) is 0 Å². The molecule has 4 nitrogen and oxygen atoms in total. The van der Waals surface area contributed by atoms with Crippen molar-refractivity contribution in [1.82, 2.24) is 10.2 Å². The predicted octanol–water partition coefficient (Wildman–Crippen LogP) is 3.82. The highest BCUT2D eigenvalue weighted by atomic mass is 19.1. The van der Waals surface area contributed by atoms with Crippen molar-refractivity contribution in [3.63, 3.8) is 0 Å². The number of nitrogens with zero attached hydrogens (tertiary/aromatic N) is 1. The Morgan fingerprint density at radius 3 is 2.81 bits per heavy atom. The fourth-order valence-electron chi connectivity index (χ4n) is 3.30. The molecule has 5 heteroatoms. The van der Waals surface area contributed by atoms with Gasteiger partial charge in [0.05, 0.1) is 0 Å². The summed E-state index contributed by atoms with van der Waals surface area (Å²) >= 11 is 0. The zero-order valence-corrected chi connectivity index (χ0v) is 15.2. The van der Waals surface area contributed by atoms with Gasteiger partial charge in [-0.3, -0.25) is 0 Å². The zero-order valence-electron chi connectivity index (χ0n) is 15.2. The summed E-state index contributed by atoms with van der Waals surface area (Å²) in [6.07, 6.45) is 2.15. The molecule has 0 aromatic heterocycles. The van der Waals surface area contributed by atoms with E-state index >= 15 is 0 Å². The van der Waals surface area contributed by atoms with E-state index in [1.54, 1.807) is 19.1 Å². The summed E-state index contributed by atoms with van der Waals surface area (Å²) in [6.45, 7) is 5.47. The normalized spacial score (nSPS) is 17.2. The van der Waals surface area contributed by atoms with Crippen LogP contribution in [0.15, 0.2) is 48.5 Å². The Balaban J connectivity index is 1.37. The fraction of sp³-hybridized carbons (Fsp3) is 0.381. The number of anilines is 1. The number of nitrogens with one attached hydrogen (secondary N) is 2. The van der Waals surface area contributed by atoms with Crippen LogP contribution in [0.25, 0.3) is 0 Å². The van der Waals surface area contributed by atoms with E-state index in [2.05, 4.69) is 39.8 Å². The van der Waals surface area contributed by atoms with Crippen LogP contribution in [-0.2, 0) is 6.42 Å². The van der Waals surface area contributed by atoms with Crippen LogP contribution in [-0.4, -0.2) is 37.1 Å². The number of halogens is 1. The van der Waals surface area contributed by atoms with Crippen molar-refractivity contribution < 1.29 is 9.18 Å². The van der Waals surface area contributed by atoms with Crippen LogP contribution in [0.5, 0.6) is 0 Å². The van der Waals surface area contributed by atoms with E-state index in [4.69, 9.17) is 0 Å². The second kappa shape index (κ2) is 8.81.